The number of ether oxygens (including phenoxy) is 2. The summed E-state index contributed by atoms with van der Waals surface area (Å²) in [5.74, 6) is -0.683. The van der Waals surface area contributed by atoms with Crippen molar-refractivity contribution in [1.29, 1.82) is 0 Å². The van der Waals surface area contributed by atoms with Crippen LogP contribution in [0.3, 0.4) is 0 Å². The van der Waals surface area contributed by atoms with Crippen LogP contribution in [-0.4, -0.2) is 88.3 Å². The average Bonchev–Trinajstić information content (AvgIpc) is 2.73. The summed E-state index contributed by atoms with van der Waals surface area (Å²) in [6.07, 6.45) is 0.339. The molecule has 0 aliphatic carbocycles. The van der Waals surface area contributed by atoms with Crippen molar-refractivity contribution >= 4 is 17.6 Å². The molecule has 0 heterocycles. The normalized spacial score (nSPS) is 11.0. The van der Waals surface area contributed by atoms with E-state index in [1.165, 1.54) is 0 Å². The molecular weight excluding hydrogens is 370 g/mol. The van der Waals surface area contributed by atoms with E-state index < -0.39 is 5.97 Å². The quantitative estimate of drug-likeness (QED) is 0.347. The fraction of sp³-hybridized carbons (Fsp3) is 0.636. The van der Waals surface area contributed by atoms with Crippen molar-refractivity contribution in [2.45, 2.75) is 27.2 Å². The number of carbonyl (C=O) groups is 2. The number of carbonyl (C=O) groups excluding carboxylic acids is 2. The molecule has 29 heavy (non-hydrogen) atoms. The van der Waals surface area contributed by atoms with Crippen LogP contribution in [0.5, 0.6) is 0 Å². The minimum atomic E-state index is -0.417. The Morgan fingerprint density at radius 2 is 1.34 bits per heavy atom. The van der Waals surface area contributed by atoms with Crippen molar-refractivity contribution in [3.63, 3.8) is 0 Å². The lowest BCUT2D eigenvalue weighted by atomic mass is 10.2. The van der Waals surface area contributed by atoms with Gasteiger partial charge in [0.05, 0.1) is 12.0 Å². The molecule has 1 aromatic carbocycles. The van der Waals surface area contributed by atoms with Crippen molar-refractivity contribution in [2.24, 2.45) is 0 Å². The van der Waals surface area contributed by atoms with Gasteiger partial charge in [0.25, 0.3) is 0 Å². The van der Waals surface area contributed by atoms with Gasteiger partial charge in [-0.05, 0) is 43.9 Å². The Balaban J connectivity index is 2.23. The van der Waals surface area contributed by atoms with E-state index >= 15 is 0 Å². The van der Waals surface area contributed by atoms with Gasteiger partial charge in [-0.2, -0.15) is 0 Å². The third kappa shape index (κ3) is 9.76. The predicted octanol–water partition coefficient (Wildman–Crippen LogP) is 2.51. The Morgan fingerprint density at radius 3 is 1.90 bits per heavy atom. The zero-order valence-electron chi connectivity index (χ0n) is 18.6. The second-order valence-corrected chi connectivity index (χ2v) is 7.01. The van der Waals surface area contributed by atoms with E-state index in [-0.39, 0.29) is 19.2 Å². The van der Waals surface area contributed by atoms with E-state index in [4.69, 9.17) is 9.47 Å². The van der Waals surface area contributed by atoms with Crippen molar-refractivity contribution in [2.75, 3.05) is 71.5 Å². The van der Waals surface area contributed by atoms with Gasteiger partial charge in [0, 0.05) is 39.4 Å². The number of benzene rings is 1. The standard InChI is InChI=1S/C22H37N3O4/c1-6-24(7-2)15-16-25(8-3)14-13-21(26)28-17-18-29-22(27)19-9-11-20(12-10-19)23(4)5/h9-12H,6-8,13-18H2,1-5H3. The highest BCUT2D eigenvalue weighted by atomic mass is 16.6. The van der Waals surface area contributed by atoms with Gasteiger partial charge in [-0.25, -0.2) is 4.79 Å². The van der Waals surface area contributed by atoms with E-state index in [0.717, 1.165) is 38.4 Å². The zero-order chi connectivity index (χ0) is 21.6. The van der Waals surface area contributed by atoms with Crippen LogP contribution in [0.1, 0.15) is 37.6 Å². The van der Waals surface area contributed by atoms with Crippen molar-refractivity contribution in [3.05, 3.63) is 29.8 Å². The molecule has 7 heteroatoms. The highest BCUT2D eigenvalue weighted by molar-refractivity contribution is 5.89. The fourth-order valence-corrected chi connectivity index (χ4v) is 2.84. The molecule has 0 bridgehead atoms. The third-order valence-electron chi connectivity index (χ3n) is 4.91. The first kappa shape index (κ1) is 24.9. The van der Waals surface area contributed by atoms with E-state index in [9.17, 15) is 9.59 Å². The lowest BCUT2D eigenvalue weighted by Crippen LogP contribution is -2.36. The van der Waals surface area contributed by atoms with Crippen LogP contribution in [0, 0.1) is 0 Å². The highest BCUT2D eigenvalue weighted by Gasteiger charge is 2.11. The number of nitrogens with zero attached hydrogens (tertiary/aromatic N) is 3. The zero-order valence-corrected chi connectivity index (χ0v) is 18.6. The highest BCUT2D eigenvalue weighted by Crippen LogP contribution is 2.12. The topological polar surface area (TPSA) is 62.3 Å². The molecule has 0 aliphatic rings. The second kappa shape index (κ2) is 14.0. The number of hydrogen-bond donors (Lipinski definition) is 0. The van der Waals surface area contributed by atoms with Gasteiger partial charge in [0.15, 0.2) is 0 Å². The lowest BCUT2D eigenvalue weighted by molar-refractivity contribution is -0.145. The van der Waals surface area contributed by atoms with Crippen LogP contribution < -0.4 is 4.90 Å². The number of esters is 2. The summed E-state index contributed by atoms with van der Waals surface area (Å²) in [6.45, 7) is 12.1. The van der Waals surface area contributed by atoms with E-state index in [2.05, 4.69) is 30.6 Å². The molecule has 1 aromatic rings. The van der Waals surface area contributed by atoms with Gasteiger partial charge >= 0.3 is 11.9 Å². The van der Waals surface area contributed by atoms with Crippen molar-refractivity contribution < 1.29 is 19.1 Å². The molecule has 0 fully saturated rings. The summed E-state index contributed by atoms with van der Waals surface area (Å²) in [5.41, 5.74) is 1.49. The van der Waals surface area contributed by atoms with Gasteiger partial charge in [-0.1, -0.05) is 20.8 Å². The van der Waals surface area contributed by atoms with Gasteiger partial charge < -0.3 is 24.2 Å². The van der Waals surface area contributed by atoms with Gasteiger partial charge in [0.2, 0.25) is 0 Å². The second-order valence-electron chi connectivity index (χ2n) is 7.01. The Bertz CT molecular complexity index is 601. The Hall–Kier alpha value is -2.12. The molecular formula is C22H37N3O4. The molecule has 0 unspecified atom stereocenters. The Morgan fingerprint density at radius 1 is 0.793 bits per heavy atom. The average molecular weight is 408 g/mol. The molecule has 1 rings (SSSR count). The molecule has 0 aliphatic heterocycles. The fourth-order valence-electron chi connectivity index (χ4n) is 2.84. The molecule has 0 aromatic heterocycles. The van der Waals surface area contributed by atoms with Crippen molar-refractivity contribution in [1.82, 2.24) is 9.80 Å². The molecule has 0 radical (unpaired) electrons. The van der Waals surface area contributed by atoms with Crippen LogP contribution in [0.25, 0.3) is 0 Å². The first-order valence-corrected chi connectivity index (χ1v) is 10.5. The van der Waals surface area contributed by atoms with Crippen LogP contribution in [0.4, 0.5) is 5.69 Å². The summed E-state index contributed by atoms with van der Waals surface area (Å²) >= 11 is 0. The monoisotopic (exact) mass is 407 g/mol. The smallest absolute Gasteiger partial charge is 0.338 e. The van der Waals surface area contributed by atoms with E-state index in [1.807, 2.05) is 31.1 Å². The number of rotatable bonds is 14. The molecule has 0 atom stereocenters. The summed E-state index contributed by atoms with van der Waals surface area (Å²) in [7, 11) is 3.87. The lowest BCUT2D eigenvalue weighted by Gasteiger charge is -2.24. The summed E-state index contributed by atoms with van der Waals surface area (Å²) in [5, 5.41) is 0. The summed E-state index contributed by atoms with van der Waals surface area (Å²) in [4.78, 5) is 30.5. The van der Waals surface area contributed by atoms with Gasteiger partial charge in [-0.15, -0.1) is 0 Å². The van der Waals surface area contributed by atoms with Crippen LogP contribution >= 0.6 is 0 Å². The largest absolute Gasteiger partial charge is 0.462 e. The first-order valence-electron chi connectivity index (χ1n) is 10.5. The Kier molecular flexibility index (Phi) is 12.0. The SMILES string of the molecule is CCN(CC)CCN(CC)CCC(=O)OCCOC(=O)c1ccc(N(C)C)cc1. The molecule has 7 nitrogen and oxygen atoms in total. The minimum Gasteiger partial charge on any atom is -0.462 e. The van der Waals surface area contributed by atoms with E-state index in [1.54, 1.807) is 12.1 Å². The summed E-state index contributed by atoms with van der Waals surface area (Å²) < 4.78 is 10.4. The Labute approximate surface area is 175 Å². The molecule has 0 N–H and O–H groups in total. The number of anilines is 1. The number of hydrogen-bond acceptors (Lipinski definition) is 7. The molecule has 0 saturated heterocycles. The maximum atomic E-state index is 12.0. The van der Waals surface area contributed by atoms with Gasteiger partial charge in [0.1, 0.15) is 13.2 Å². The van der Waals surface area contributed by atoms with Crippen LogP contribution in [0.15, 0.2) is 24.3 Å². The van der Waals surface area contributed by atoms with Crippen LogP contribution in [-0.2, 0) is 14.3 Å². The van der Waals surface area contributed by atoms with E-state index in [0.29, 0.717) is 18.5 Å². The molecule has 0 spiro atoms. The third-order valence-corrected chi connectivity index (χ3v) is 4.91. The van der Waals surface area contributed by atoms with Gasteiger partial charge in [-0.3, -0.25) is 4.79 Å². The maximum Gasteiger partial charge on any atom is 0.338 e. The maximum absolute atomic E-state index is 12.0. The first-order chi connectivity index (χ1) is 13.9. The molecule has 164 valence electrons. The minimum absolute atomic E-state index is 0.0550. The van der Waals surface area contributed by atoms with Crippen molar-refractivity contribution in [3.8, 4) is 0 Å². The number of likely N-dealkylation sites (N-methyl/N-ethyl adjacent to an activating group) is 2. The van der Waals surface area contributed by atoms with Crippen LogP contribution in [0.2, 0.25) is 0 Å². The molecule has 0 saturated carbocycles. The predicted molar refractivity (Wildman–Crippen MR) is 117 cm³/mol. The summed E-state index contributed by atoms with van der Waals surface area (Å²) in [6, 6.07) is 7.16. The molecule has 0 amide bonds.